The predicted molar refractivity (Wildman–Crippen MR) is 83.9 cm³/mol. The van der Waals surface area contributed by atoms with Crippen LogP contribution in [0.25, 0.3) is 0 Å². The Bertz CT molecular complexity index is 521. The highest BCUT2D eigenvalue weighted by molar-refractivity contribution is 7.99. The van der Waals surface area contributed by atoms with Crippen LogP contribution in [0, 0.1) is 0 Å². The van der Waals surface area contributed by atoms with Crippen molar-refractivity contribution in [2.24, 2.45) is 0 Å². The number of rotatable bonds is 6. The van der Waals surface area contributed by atoms with Gasteiger partial charge in [0.15, 0.2) is 0 Å². The molecule has 114 valence electrons. The van der Waals surface area contributed by atoms with Gasteiger partial charge in [0.05, 0.1) is 12.2 Å². The summed E-state index contributed by atoms with van der Waals surface area (Å²) in [7, 11) is 0. The Morgan fingerprint density at radius 2 is 2.19 bits per heavy atom. The van der Waals surface area contributed by atoms with Crippen molar-refractivity contribution >= 4 is 29.3 Å². The Morgan fingerprint density at radius 1 is 1.43 bits per heavy atom. The van der Waals surface area contributed by atoms with E-state index in [1.807, 2.05) is 31.2 Å². The molecule has 6 heteroatoms. The summed E-state index contributed by atoms with van der Waals surface area (Å²) in [6.07, 6.45) is 1.29. The molecule has 0 saturated heterocycles. The number of hydrogen-bond acceptors (Lipinski definition) is 4. The summed E-state index contributed by atoms with van der Waals surface area (Å²) in [5.41, 5.74) is 0.919. The first kappa shape index (κ1) is 15.9. The first-order chi connectivity index (χ1) is 10.1. The fraction of sp³-hybridized carbons (Fsp3) is 0.467. The Kier molecular flexibility index (Phi) is 5.64. The number of para-hydroxylation sites is 1. The lowest BCUT2D eigenvalue weighted by atomic mass is 10.1. The van der Waals surface area contributed by atoms with Crippen molar-refractivity contribution in [2.45, 2.75) is 30.7 Å². The largest absolute Gasteiger partial charge is 0.480 e. The van der Waals surface area contributed by atoms with Crippen LogP contribution in [-0.2, 0) is 9.59 Å². The van der Waals surface area contributed by atoms with E-state index in [0.717, 1.165) is 22.8 Å². The average Bonchev–Trinajstić information content (AvgIpc) is 2.50. The van der Waals surface area contributed by atoms with Crippen molar-refractivity contribution in [3.63, 3.8) is 0 Å². The lowest BCUT2D eigenvalue weighted by molar-refractivity contribution is -0.139. The highest BCUT2D eigenvalue weighted by atomic mass is 32.2. The van der Waals surface area contributed by atoms with Crippen molar-refractivity contribution in [2.75, 3.05) is 23.7 Å². The number of nitrogens with zero attached hydrogens (tertiary/aromatic N) is 1. The van der Waals surface area contributed by atoms with E-state index >= 15 is 0 Å². The van der Waals surface area contributed by atoms with Gasteiger partial charge in [-0.05, 0) is 18.6 Å². The molecule has 2 N–H and O–H groups in total. The smallest absolute Gasteiger partial charge is 0.320 e. The van der Waals surface area contributed by atoms with Crippen molar-refractivity contribution in [3.05, 3.63) is 24.3 Å². The normalized spacial score (nSPS) is 15.4. The number of benzene rings is 1. The van der Waals surface area contributed by atoms with E-state index in [4.69, 9.17) is 5.11 Å². The number of carboxylic acid groups (broad SMARTS) is 1. The van der Waals surface area contributed by atoms with Crippen LogP contribution in [-0.4, -0.2) is 41.9 Å². The van der Waals surface area contributed by atoms with Gasteiger partial charge in [-0.25, -0.2) is 0 Å². The van der Waals surface area contributed by atoms with Crippen LogP contribution >= 0.6 is 11.8 Å². The molecule has 1 aliphatic rings. The molecule has 5 nitrogen and oxygen atoms in total. The Labute approximate surface area is 128 Å². The van der Waals surface area contributed by atoms with Gasteiger partial charge < -0.3 is 10.0 Å². The van der Waals surface area contributed by atoms with E-state index < -0.39 is 12.0 Å². The van der Waals surface area contributed by atoms with Gasteiger partial charge in [0.1, 0.15) is 6.04 Å². The van der Waals surface area contributed by atoms with E-state index in [2.05, 4.69) is 5.32 Å². The van der Waals surface area contributed by atoms with Crippen LogP contribution in [0.2, 0.25) is 0 Å². The molecule has 1 aromatic rings. The first-order valence-corrected chi connectivity index (χ1v) is 8.10. The maximum atomic E-state index is 12.4. The summed E-state index contributed by atoms with van der Waals surface area (Å²) in [5, 5.41) is 11.9. The molecule has 0 aliphatic carbocycles. The number of carboxylic acids is 1. The Hall–Kier alpha value is -1.53. The predicted octanol–water partition coefficient (Wildman–Crippen LogP) is 1.97. The van der Waals surface area contributed by atoms with Gasteiger partial charge in [0.25, 0.3) is 0 Å². The lowest BCUT2D eigenvalue weighted by Crippen LogP contribution is -2.46. The van der Waals surface area contributed by atoms with E-state index in [1.165, 1.54) is 0 Å². The highest BCUT2D eigenvalue weighted by Gasteiger charge is 2.24. The average molecular weight is 308 g/mol. The molecular weight excluding hydrogens is 288 g/mol. The van der Waals surface area contributed by atoms with Gasteiger partial charge in [0.2, 0.25) is 5.91 Å². The molecule has 21 heavy (non-hydrogen) atoms. The molecule has 1 aliphatic heterocycles. The van der Waals surface area contributed by atoms with Gasteiger partial charge >= 0.3 is 5.97 Å². The van der Waals surface area contributed by atoms with Crippen LogP contribution in [0.15, 0.2) is 29.2 Å². The van der Waals surface area contributed by atoms with Gasteiger partial charge in [-0.1, -0.05) is 25.5 Å². The molecule has 0 saturated carbocycles. The molecule has 0 spiro atoms. The third kappa shape index (κ3) is 3.98. The monoisotopic (exact) mass is 308 g/mol. The summed E-state index contributed by atoms with van der Waals surface area (Å²) in [4.78, 5) is 26.3. The van der Waals surface area contributed by atoms with Crippen molar-refractivity contribution in [1.29, 1.82) is 0 Å². The number of nitrogens with one attached hydrogen (secondary N) is 1. The standard InChI is InChI=1S/C15H20N2O3S/c1-2-5-11(15(19)20)16-10-14(18)17-8-9-21-13-7-4-3-6-12(13)17/h3-4,6-7,11,16H,2,5,8-10H2,1H3,(H,19,20)/t11-/m0/s1. The number of hydrogen-bond donors (Lipinski definition) is 2. The molecule has 0 bridgehead atoms. The van der Waals surface area contributed by atoms with Crippen LogP contribution < -0.4 is 10.2 Å². The number of thioether (sulfide) groups is 1. The quantitative estimate of drug-likeness (QED) is 0.841. The van der Waals surface area contributed by atoms with Crippen LogP contribution in [0.3, 0.4) is 0 Å². The zero-order valence-corrected chi connectivity index (χ0v) is 12.9. The Balaban J connectivity index is 2.00. The molecule has 0 unspecified atom stereocenters. The van der Waals surface area contributed by atoms with Crippen LogP contribution in [0.1, 0.15) is 19.8 Å². The Morgan fingerprint density at radius 3 is 2.90 bits per heavy atom. The number of anilines is 1. The first-order valence-electron chi connectivity index (χ1n) is 7.12. The van der Waals surface area contributed by atoms with Crippen molar-refractivity contribution in [1.82, 2.24) is 5.32 Å². The number of carbonyl (C=O) groups excluding carboxylic acids is 1. The summed E-state index contributed by atoms with van der Waals surface area (Å²) in [5.74, 6) is -0.121. The zero-order chi connectivity index (χ0) is 15.2. The number of amides is 1. The second kappa shape index (κ2) is 7.47. The summed E-state index contributed by atoms with van der Waals surface area (Å²) >= 11 is 1.74. The van der Waals surface area contributed by atoms with Crippen LogP contribution in [0.5, 0.6) is 0 Å². The summed E-state index contributed by atoms with van der Waals surface area (Å²) in [6.45, 7) is 2.64. The minimum Gasteiger partial charge on any atom is -0.480 e. The maximum absolute atomic E-state index is 12.4. The molecule has 1 heterocycles. The fourth-order valence-electron chi connectivity index (χ4n) is 2.34. The number of aliphatic carboxylic acids is 1. The van der Waals surface area contributed by atoms with Crippen molar-refractivity contribution in [3.8, 4) is 0 Å². The van der Waals surface area contributed by atoms with Gasteiger partial charge in [0, 0.05) is 17.2 Å². The molecule has 1 amide bonds. The number of carbonyl (C=O) groups is 2. The minimum atomic E-state index is -0.903. The van der Waals surface area contributed by atoms with E-state index in [1.54, 1.807) is 16.7 Å². The lowest BCUT2D eigenvalue weighted by Gasteiger charge is -2.29. The molecular formula is C15H20N2O3S. The third-order valence-electron chi connectivity index (χ3n) is 3.40. The van der Waals surface area contributed by atoms with Gasteiger partial charge in [-0.2, -0.15) is 0 Å². The second-order valence-electron chi connectivity index (χ2n) is 4.92. The number of fused-ring (bicyclic) bond motifs is 1. The molecule has 0 aromatic heterocycles. The molecule has 1 atom stereocenters. The van der Waals surface area contributed by atoms with Crippen molar-refractivity contribution < 1.29 is 14.7 Å². The summed E-state index contributed by atoms with van der Waals surface area (Å²) in [6, 6.07) is 7.15. The molecule has 0 fully saturated rings. The van der Waals surface area contributed by atoms with E-state index in [0.29, 0.717) is 13.0 Å². The maximum Gasteiger partial charge on any atom is 0.320 e. The zero-order valence-electron chi connectivity index (χ0n) is 12.0. The second-order valence-corrected chi connectivity index (χ2v) is 6.06. The fourth-order valence-corrected chi connectivity index (χ4v) is 3.33. The highest BCUT2D eigenvalue weighted by Crippen LogP contribution is 2.34. The topological polar surface area (TPSA) is 69.6 Å². The SMILES string of the molecule is CCC[C@H](NCC(=O)N1CCSc2ccccc21)C(=O)O. The molecule has 0 radical (unpaired) electrons. The molecule has 1 aromatic carbocycles. The van der Waals surface area contributed by atoms with Gasteiger partial charge in [-0.15, -0.1) is 11.8 Å². The van der Waals surface area contributed by atoms with Gasteiger partial charge in [-0.3, -0.25) is 14.9 Å². The van der Waals surface area contributed by atoms with E-state index in [9.17, 15) is 9.59 Å². The van der Waals surface area contributed by atoms with Crippen LogP contribution in [0.4, 0.5) is 5.69 Å². The minimum absolute atomic E-state index is 0.0516. The summed E-state index contributed by atoms with van der Waals surface area (Å²) < 4.78 is 0. The van der Waals surface area contributed by atoms with E-state index in [-0.39, 0.29) is 12.5 Å². The third-order valence-corrected chi connectivity index (χ3v) is 4.45. The molecule has 2 rings (SSSR count).